The summed E-state index contributed by atoms with van der Waals surface area (Å²) in [7, 11) is 0. The first kappa shape index (κ1) is 10.1. The fourth-order valence-electron chi connectivity index (χ4n) is 1.71. The fourth-order valence-corrected chi connectivity index (χ4v) is 2.09. The minimum absolute atomic E-state index is 0.290. The predicted octanol–water partition coefficient (Wildman–Crippen LogP) is 3.23. The largest absolute Gasteiger partial charge is 0.329 e. The Balaban J connectivity index is 2.63. The maximum Gasteiger partial charge on any atom is 0.179 e. The zero-order chi connectivity index (χ0) is 10.8. The van der Waals surface area contributed by atoms with Crippen LogP contribution in [0.15, 0.2) is 31.0 Å². The van der Waals surface area contributed by atoms with Gasteiger partial charge in [-0.3, -0.25) is 4.57 Å². The summed E-state index contributed by atoms with van der Waals surface area (Å²) in [5.41, 5.74) is 1.90. The molecular weight excluding hydrogens is 206 g/mol. The van der Waals surface area contributed by atoms with Crippen LogP contribution in [-0.2, 0) is 0 Å². The van der Waals surface area contributed by atoms with Gasteiger partial charge >= 0.3 is 0 Å². The molecule has 3 nitrogen and oxygen atoms in total. The van der Waals surface area contributed by atoms with Crippen LogP contribution in [0.1, 0.15) is 19.4 Å². The third-order valence-corrected chi connectivity index (χ3v) is 2.72. The summed E-state index contributed by atoms with van der Waals surface area (Å²) in [5, 5.41) is 0. The Labute approximate surface area is 93.5 Å². The number of pyridine rings is 1. The van der Waals surface area contributed by atoms with Gasteiger partial charge in [0, 0.05) is 12.2 Å². The first-order valence-electron chi connectivity index (χ1n) is 4.90. The number of H-pyrrole nitrogens is 1. The lowest BCUT2D eigenvalue weighted by atomic mass is 10.2. The third-order valence-electron chi connectivity index (χ3n) is 2.42. The lowest BCUT2D eigenvalue weighted by molar-refractivity contribution is 0.560. The lowest BCUT2D eigenvalue weighted by Crippen LogP contribution is -2.04. The Bertz CT molecular complexity index is 538. The SMILES string of the molecule is C=CCC(C)n1c(=S)[nH]c2cccnc21. The molecule has 0 spiro atoms. The molecule has 1 unspecified atom stereocenters. The van der Waals surface area contributed by atoms with E-state index in [1.807, 2.05) is 22.8 Å². The summed E-state index contributed by atoms with van der Waals surface area (Å²) >= 11 is 5.28. The highest BCUT2D eigenvalue weighted by Crippen LogP contribution is 2.19. The number of rotatable bonds is 3. The molecule has 0 aliphatic carbocycles. The van der Waals surface area contributed by atoms with E-state index in [4.69, 9.17) is 12.2 Å². The van der Waals surface area contributed by atoms with E-state index in [1.54, 1.807) is 6.20 Å². The van der Waals surface area contributed by atoms with Gasteiger partial charge in [0.25, 0.3) is 0 Å². The molecule has 0 aliphatic heterocycles. The second kappa shape index (κ2) is 3.98. The van der Waals surface area contributed by atoms with Crippen molar-refractivity contribution in [1.29, 1.82) is 0 Å². The van der Waals surface area contributed by atoms with Crippen LogP contribution in [0.4, 0.5) is 0 Å². The number of aromatic nitrogens is 3. The van der Waals surface area contributed by atoms with Crippen LogP contribution in [0.2, 0.25) is 0 Å². The molecule has 2 aromatic heterocycles. The van der Waals surface area contributed by atoms with Gasteiger partial charge in [-0.25, -0.2) is 4.98 Å². The minimum Gasteiger partial charge on any atom is -0.329 e. The normalized spacial score (nSPS) is 12.9. The number of hydrogen-bond acceptors (Lipinski definition) is 2. The van der Waals surface area contributed by atoms with Crippen LogP contribution in [0.5, 0.6) is 0 Å². The van der Waals surface area contributed by atoms with Crippen LogP contribution in [0, 0.1) is 4.77 Å². The molecule has 0 aliphatic rings. The summed E-state index contributed by atoms with van der Waals surface area (Å²) in [4.78, 5) is 7.48. The van der Waals surface area contributed by atoms with E-state index in [1.165, 1.54) is 0 Å². The Hall–Kier alpha value is -1.42. The van der Waals surface area contributed by atoms with E-state index in [0.29, 0.717) is 6.04 Å². The summed E-state index contributed by atoms with van der Waals surface area (Å²) in [6.07, 6.45) is 4.56. The van der Waals surface area contributed by atoms with E-state index >= 15 is 0 Å². The molecule has 0 radical (unpaired) electrons. The molecule has 2 heterocycles. The van der Waals surface area contributed by atoms with Gasteiger partial charge in [-0.15, -0.1) is 6.58 Å². The second-order valence-corrected chi connectivity index (χ2v) is 3.93. The van der Waals surface area contributed by atoms with E-state index in [0.717, 1.165) is 22.4 Å². The molecular formula is C11H13N3S. The van der Waals surface area contributed by atoms with Crippen molar-refractivity contribution in [2.45, 2.75) is 19.4 Å². The second-order valence-electron chi connectivity index (χ2n) is 3.55. The van der Waals surface area contributed by atoms with Crippen molar-refractivity contribution in [3.8, 4) is 0 Å². The van der Waals surface area contributed by atoms with Gasteiger partial charge < -0.3 is 4.98 Å². The van der Waals surface area contributed by atoms with Crippen molar-refractivity contribution in [1.82, 2.24) is 14.5 Å². The Morgan fingerprint density at radius 1 is 1.73 bits per heavy atom. The number of hydrogen-bond donors (Lipinski definition) is 1. The van der Waals surface area contributed by atoms with Crippen molar-refractivity contribution in [3.05, 3.63) is 35.8 Å². The minimum atomic E-state index is 0.290. The van der Waals surface area contributed by atoms with Crippen LogP contribution in [-0.4, -0.2) is 14.5 Å². The Morgan fingerprint density at radius 2 is 2.53 bits per heavy atom. The van der Waals surface area contributed by atoms with Gasteiger partial charge in [-0.1, -0.05) is 6.08 Å². The molecule has 0 amide bonds. The average molecular weight is 219 g/mol. The first-order valence-corrected chi connectivity index (χ1v) is 5.31. The number of nitrogens with one attached hydrogen (secondary N) is 1. The number of aromatic amines is 1. The maximum atomic E-state index is 5.28. The van der Waals surface area contributed by atoms with Crippen molar-refractivity contribution < 1.29 is 0 Å². The summed E-state index contributed by atoms with van der Waals surface area (Å²) in [6, 6.07) is 4.17. The topological polar surface area (TPSA) is 33.6 Å². The predicted molar refractivity (Wildman–Crippen MR) is 64.4 cm³/mol. The van der Waals surface area contributed by atoms with Crippen LogP contribution in [0.25, 0.3) is 11.2 Å². The molecule has 2 aromatic rings. The summed E-state index contributed by atoms with van der Waals surface area (Å²) in [5.74, 6) is 0. The highest BCUT2D eigenvalue weighted by Gasteiger charge is 2.09. The number of nitrogens with zero attached hydrogens (tertiary/aromatic N) is 2. The van der Waals surface area contributed by atoms with Gasteiger partial charge in [0.15, 0.2) is 10.4 Å². The van der Waals surface area contributed by atoms with Gasteiger partial charge in [0.1, 0.15) is 0 Å². The molecule has 78 valence electrons. The molecule has 0 saturated carbocycles. The zero-order valence-electron chi connectivity index (χ0n) is 8.60. The van der Waals surface area contributed by atoms with Crippen molar-refractivity contribution in [2.75, 3.05) is 0 Å². The van der Waals surface area contributed by atoms with Gasteiger partial charge in [-0.05, 0) is 37.7 Å². The molecule has 2 rings (SSSR count). The number of allylic oxidation sites excluding steroid dienone is 1. The highest BCUT2D eigenvalue weighted by molar-refractivity contribution is 7.71. The molecule has 0 saturated heterocycles. The van der Waals surface area contributed by atoms with Crippen LogP contribution in [0.3, 0.4) is 0 Å². The Kier molecular flexibility index (Phi) is 2.68. The standard InChI is InChI=1S/C11H13N3S/c1-3-5-8(2)14-10-9(13-11(14)15)6-4-7-12-10/h3-4,6-8H,1,5H2,2H3,(H,13,15). The quantitative estimate of drug-likeness (QED) is 0.635. The van der Waals surface area contributed by atoms with E-state index in [-0.39, 0.29) is 0 Å². The third kappa shape index (κ3) is 1.72. The summed E-state index contributed by atoms with van der Waals surface area (Å²) in [6.45, 7) is 5.85. The van der Waals surface area contributed by atoms with Gasteiger partial charge in [0.2, 0.25) is 0 Å². The van der Waals surface area contributed by atoms with Crippen LogP contribution >= 0.6 is 12.2 Å². The smallest absolute Gasteiger partial charge is 0.179 e. The highest BCUT2D eigenvalue weighted by atomic mass is 32.1. The summed E-state index contributed by atoms with van der Waals surface area (Å²) < 4.78 is 2.75. The van der Waals surface area contributed by atoms with Crippen LogP contribution < -0.4 is 0 Å². The lowest BCUT2D eigenvalue weighted by Gasteiger charge is -2.10. The molecule has 0 aromatic carbocycles. The van der Waals surface area contributed by atoms with E-state index in [2.05, 4.69) is 23.5 Å². The number of imidazole rings is 1. The first-order chi connectivity index (χ1) is 7.24. The maximum absolute atomic E-state index is 5.28. The van der Waals surface area contributed by atoms with E-state index in [9.17, 15) is 0 Å². The van der Waals surface area contributed by atoms with Crippen molar-refractivity contribution in [2.24, 2.45) is 0 Å². The molecule has 0 fully saturated rings. The Morgan fingerprint density at radius 3 is 3.27 bits per heavy atom. The average Bonchev–Trinajstić information content (AvgIpc) is 2.54. The molecule has 15 heavy (non-hydrogen) atoms. The molecule has 1 atom stereocenters. The van der Waals surface area contributed by atoms with Crippen molar-refractivity contribution in [3.63, 3.8) is 0 Å². The van der Waals surface area contributed by atoms with Gasteiger partial charge in [-0.2, -0.15) is 0 Å². The molecule has 0 bridgehead atoms. The van der Waals surface area contributed by atoms with Gasteiger partial charge in [0.05, 0.1) is 5.52 Å². The van der Waals surface area contributed by atoms with E-state index < -0.39 is 0 Å². The van der Waals surface area contributed by atoms with Crippen molar-refractivity contribution >= 4 is 23.4 Å². The molecule has 1 N–H and O–H groups in total. The monoisotopic (exact) mass is 219 g/mol. The molecule has 4 heteroatoms. The fraction of sp³-hybridized carbons (Fsp3) is 0.273. The number of fused-ring (bicyclic) bond motifs is 1. The zero-order valence-corrected chi connectivity index (χ0v) is 9.42.